The lowest BCUT2D eigenvalue weighted by Gasteiger charge is -2.37. The highest BCUT2D eigenvalue weighted by molar-refractivity contribution is 7.89. The first-order chi connectivity index (χ1) is 31.9. The summed E-state index contributed by atoms with van der Waals surface area (Å²) < 4.78 is 93.7. The number of nitrogens with one attached hydrogen (secondary N) is 1. The van der Waals surface area contributed by atoms with Crippen LogP contribution in [0.5, 0.6) is 5.75 Å². The van der Waals surface area contributed by atoms with Gasteiger partial charge < -0.3 is 42.8 Å². The minimum Gasteiger partial charge on any atom is -0.497 e. The van der Waals surface area contributed by atoms with E-state index in [0.717, 1.165) is 22.3 Å². The number of sulfonamides is 1. The number of benzene rings is 5. The molecule has 2 aliphatic heterocycles. The first kappa shape index (κ1) is 49.0. The highest BCUT2D eigenvalue weighted by atomic mass is 32.2. The van der Waals surface area contributed by atoms with E-state index in [2.05, 4.69) is 5.32 Å². The number of hydrogen-bond donors (Lipinski definition) is 1. The summed E-state index contributed by atoms with van der Waals surface area (Å²) >= 11 is 0. The van der Waals surface area contributed by atoms with E-state index in [4.69, 9.17) is 37.5 Å². The Morgan fingerprint density at radius 3 is 1.88 bits per heavy atom. The fourth-order valence-electron chi connectivity index (χ4n) is 7.76. The molecule has 14 nitrogen and oxygen atoms in total. The largest absolute Gasteiger partial charge is 0.497 e. The van der Waals surface area contributed by atoms with E-state index >= 15 is 8.42 Å². The lowest BCUT2D eigenvalue weighted by molar-refractivity contribution is -0.0907. The fourth-order valence-corrected chi connectivity index (χ4v) is 10.8. The van der Waals surface area contributed by atoms with E-state index in [-0.39, 0.29) is 56.8 Å². The number of fused-ring (bicyclic) bond motifs is 1. The summed E-state index contributed by atoms with van der Waals surface area (Å²) in [6.07, 6.45) is -2.12. The van der Waals surface area contributed by atoms with Gasteiger partial charge in [0.2, 0.25) is 10.0 Å². The van der Waals surface area contributed by atoms with Gasteiger partial charge in [0, 0.05) is 13.1 Å². The molecule has 7 rings (SSSR count). The molecule has 5 aromatic carbocycles. The maximum absolute atomic E-state index is 15.0. The van der Waals surface area contributed by atoms with E-state index in [9.17, 15) is 9.36 Å². The Labute approximate surface area is 388 Å². The first-order valence-electron chi connectivity index (χ1n) is 22.0. The lowest BCUT2D eigenvalue weighted by atomic mass is 10.0. The predicted octanol–water partition coefficient (Wildman–Crippen LogP) is 8.75. The summed E-state index contributed by atoms with van der Waals surface area (Å²) in [5, 5.41) is 3.06. The van der Waals surface area contributed by atoms with Crippen LogP contribution in [0.25, 0.3) is 0 Å². The van der Waals surface area contributed by atoms with Crippen LogP contribution in [0.15, 0.2) is 150 Å². The van der Waals surface area contributed by atoms with Crippen LogP contribution < -0.4 is 10.1 Å². The molecule has 66 heavy (non-hydrogen) atoms. The molecule has 16 heteroatoms. The Bertz CT molecular complexity index is 2370. The third kappa shape index (κ3) is 14.0. The molecule has 0 saturated carbocycles. The van der Waals surface area contributed by atoms with Gasteiger partial charge in [-0.1, -0.05) is 121 Å². The maximum atomic E-state index is 15.0. The highest BCUT2D eigenvalue weighted by Gasteiger charge is 2.44. The Kier molecular flexibility index (Phi) is 17.2. The number of carbonyl (C=O) groups excluding carboxylic acids is 1. The molecule has 2 saturated heterocycles. The Morgan fingerprint density at radius 1 is 0.773 bits per heavy atom. The van der Waals surface area contributed by atoms with Crippen molar-refractivity contribution in [3.8, 4) is 5.75 Å². The molecule has 0 radical (unpaired) electrons. The van der Waals surface area contributed by atoms with Crippen molar-refractivity contribution < 1.29 is 55.2 Å². The van der Waals surface area contributed by atoms with Gasteiger partial charge in [-0.15, -0.1) is 0 Å². The molecule has 0 bridgehead atoms. The first-order valence-corrected chi connectivity index (χ1v) is 25.2. The minimum atomic E-state index is -4.34. The van der Waals surface area contributed by atoms with E-state index in [1.165, 1.54) is 23.5 Å². The summed E-state index contributed by atoms with van der Waals surface area (Å²) in [5.41, 5.74) is 1.99. The minimum absolute atomic E-state index is 0.00384. The molecule has 0 aromatic heterocycles. The van der Waals surface area contributed by atoms with Crippen molar-refractivity contribution in [3.63, 3.8) is 0 Å². The standard InChI is InChI=1S/C50H59N2O12PS/c1-50(2,61-37-65(54,62-33-40-20-12-6-13-21-40)63-34-41-22-14-7-15-23-41)36-52(66(55,56)43-26-24-42(57-3)25-27-43)31-46(59-32-39-18-10-5-11-19-39)45(30-38-16-8-4-9-17-38)51-49(53)64-47-35-60-48-44(47)28-29-58-48/h4-27,44-48H,28-37H2,1-3H3,(H,51,53). The van der Waals surface area contributed by atoms with E-state index in [0.29, 0.717) is 18.8 Å². The number of ether oxygens (including phenoxy) is 6. The summed E-state index contributed by atoms with van der Waals surface area (Å²) in [4.78, 5) is 13.9. The molecule has 0 spiro atoms. The van der Waals surface area contributed by atoms with Crippen molar-refractivity contribution in [3.05, 3.63) is 168 Å². The molecule has 0 aliphatic carbocycles. The maximum Gasteiger partial charge on any atom is 0.407 e. The van der Waals surface area contributed by atoms with Gasteiger partial charge >= 0.3 is 13.7 Å². The van der Waals surface area contributed by atoms with Crippen LogP contribution in [-0.4, -0.2) is 88.7 Å². The van der Waals surface area contributed by atoms with Gasteiger partial charge in [-0.25, -0.2) is 13.2 Å². The van der Waals surface area contributed by atoms with Gasteiger partial charge in [-0.3, -0.25) is 4.57 Å². The quantitative estimate of drug-likeness (QED) is 0.0588. The zero-order valence-corrected chi connectivity index (χ0v) is 39.2. The molecule has 2 aliphatic rings. The van der Waals surface area contributed by atoms with Crippen LogP contribution in [0, 0.1) is 5.92 Å². The number of hydrogen-bond acceptors (Lipinski definition) is 12. The van der Waals surface area contributed by atoms with Gasteiger partial charge in [0.25, 0.3) is 0 Å². The zero-order valence-electron chi connectivity index (χ0n) is 37.5. The third-order valence-electron chi connectivity index (χ3n) is 11.4. The molecule has 5 atom stereocenters. The van der Waals surface area contributed by atoms with E-state index in [1.54, 1.807) is 26.0 Å². The van der Waals surface area contributed by atoms with Crippen LogP contribution in [0.1, 0.15) is 42.5 Å². The monoisotopic (exact) mass is 942 g/mol. The Morgan fingerprint density at radius 2 is 1.32 bits per heavy atom. The average molecular weight is 943 g/mol. The van der Waals surface area contributed by atoms with Crippen molar-refractivity contribution in [2.45, 2.75) is 81.5 Å². The van der Waals surface area contributed by atoms with Gasteiger partial charge in [0.15, 0.2) is 6.29 Å². The second-order valence-electron chi connectivity index (χ2n) is 16.9. The van der Waals surface area contributed by atoms with Crippen molar-refractivity contribution in [2.24, 2.45) is 5.92 Å². The van der Waals surface area contributed by atoms with Gasteiger partial charge in [0.1, 0.15) is 18.2 Å². The van der Waals surface area contributed by atoms with E-state index < -0.39 is 60.2 Å². The third-order valence-corrected chi connectivity index (χ3v) is 14.7. The average Bonchev–Trinajstić information content (AvgIpc) is 3.97. The number of methoxy groups -OCH3 is 1. The van der Waals surface area contributed by atoms with Crippen molar-refractivity contribution in [1.82, 2.24) is 9.62 Å². The molecular weight excluding hydrogens is 884 g/mol. The van der Waals surface area contributed by atoms with Crippen LogP contribution in [0.4, 0.5) is 4.79 Å². The highest BCUT2D eigenvalue weighted by Crippen LogP contribution is 2.50. The van der Waals surface area contributed by atoms with Crippen LogP contribution in [-0.2, 0) is 73.6 Å². The molecule has 2 heterocycles. The summed E-state index contributed by atoms with van der Waals surface area (Å²) in [7, 11) is -6.80. The summed E-state index contributed by atoms with van der Waals surface area (Å²) in [6.45, 7) is 3.74. The molecule has 5 aromatic rings. The van der Waals surface area contributed by atoms with Crippen molar-refractivity contribution >= 4 is 23.7 Å². The smallest absolute Gasteiger partial charge is 0.407 e. The topological polar surface area (TPSA) is 157 Å². The SMILES string of the molecule is COc1ccc(S(=O)(=O)N(CC(OCc2ccccc2)C(Cc2ccccc2)NC(=O)OC2COC3OCCC23)CC(C)(C)OCP(=O)(OCc2ccccc2)OCc2ccccc2)cc1. The van der Waals surface area contributed by atoms with Gasteiger partial charge in [-0.05, 0) is 73.2 Å². The van der Waals surface area contributed by atoms with Crippen molar-refractivity contribution in [1.29, 1.82) is 0 Å². The molecule has 5 unspecified atom stereocenters. The predicted molar refractivity (Wildman–Crippen MR) is 248 cm³/mol. The normalized spacial score (nSPS) is 18.4. The number of alkyl carbamates (subject to hydrolysis) is 1. The molecule has 2 fully saturated rings. The molecule has 1 amide bonds. The summed E-state index contributed by atoms with van der Waals surface area (Å²) in [6, 6.07) is 42.9. The number of rotatable bonds is 24. The van der Waals surface area contributed by atoms with Crippen LogP contribution in [0.2, 0.25) is 0 Å². The lowest BCUT2D eigenvalue weighted by Crippen LogP contribution is -2.54. The number of carbonyl (C=O) groups is 1. The Balaban J connectivity index is 1.19. The number of nitrogens with zero attached hydrogens (tertiary/aromatic N) is 1. The summed E-state index contributed by atoms with van der Waals surface area (Å²) in [5.74, 6) is 0.382. The molecule has 1 N–H and O–H groups in total. The molecule has 352 valence electrons. The van der Waals surface area contributed by atoms with Crippen LogP contribution >= 0.6 is 7.60 Å². The second kappa shape index (κ2) is 23.2. The van der Waals surface area contributed by atoms with Gasteiger partial charge in [0.05, 0.1) is 68.7 Å². The second-order valence-corrected chi connectivity index (χ2v) is 20.8. The van der Waals surface area contributed by atoms with E-state index in [1.807, 2.05) is 121 Å². The Hall–Kier alpha value is -4.93. The van der Waals surface area contributed by atoms with Gasteiger partial charge in [-0.2, -0.15) is 4.31 Å². The number of amides is 1. The van der Waals surface area contributed by atoms with Crippen molar-refractivity contribution in [2.75, 3.05) is 39.8 Å². The molecular formula is C50H59N2O12PS. The zero-order chi connectivity index (χ0) is 46.4. The fraction of sp³-hybridized carbons (Fsp3) is 0.380. The van der Waals surface area contributed by atoms with Crippen LogP contribution in [0.3, 0.4) is 0 Å².